The molecule has 1 amide bonds. The van der Waals surface area contributed by atoms with Crippen molar-refractivity contribution in [1.29, 1.82) is 0 Å². The van der Waals surface area contributed by atoms with Gasteiger partial charge in [0, 0.05) is 41.5 Å². The summed E-state index contributed by atoms with van der Waals surface area (Å²) in [5.74, 6) is 0.473. The average molecular weight is 457 g/mol. The number of hydrogen-bond acceptors (Lipinski definition) is 6. The monoisotopic (exact) mass is 456 g/mol. The van der Waals surface area contributed by atoms with Gasteiger partial charge in [-0.05, 0) is 72.1 Å². The molecule has 3 heterocycles. The van der Waals surface area contributed by atoms with Gasteiger partial charge in [0.25, 0.3) is 11.5 Å². The number of hydrogen-bond donors (Lipinski definition) is 2. The molecule has 3 N–H and O–H groups in total. The molecule has 0 saturated heterocycles. The average Bonchev–Trinajstić information content (AvgIpc) is 3.43. The molecule has 0 unspecified atom stereocenters. The van der Waals surface area contributed by atoms with Crippen molar-refractivity contribution in [3.63, 3.8) is 0 Å². The van der Waals surface area contributed by atoms with Gasteiger partial charge >= 0.3 is 0 Å². The zero-order valence-corrected chi connectivity index (χ0v) is 19.5. The lowest BCUT2D eigenvalue weighted by Gasteiger charge is -2.29. The molecule has 3 aromatic rings. The summed E-state index contributed by atoms with van der Waals surface area (Å²) in [4.78, 5) is 25.1. The molecule has 8 heteroatoms. The molecule has 4 rings (SSSR count). The van der Waals surface area contributed by atoms with E-state index in [-0.39, 0.29) is 17.5 Å². The molecule has 0 aliphatic heterocycles. The normalized spacial score (nSPS) is 18.9. The summed E-state index contributed by atoms with van der Waals surface area (Å²) < 4.78 is 6.03. The van der Waals surface area contributed by atoms with E-state index < -0.39 is 0 Å². The summed E-state index contributed by atoms with van der Waals surface area (Å²) in [6.45, 7) is 4.92. The number of nitrogens with two attached hydrogens (primary N) is 1. The molecule has 0 atom stereocenters. The highest BCUT2D eigenvalue weighted by Gasteiger charge is 2.24. The minimum atomic E-state index is -0.356. The van der Waals surface area contributed by atoms with Crippen LogP contribution in [0.2, 0.25) is 0 Å². The van der Waals surface area contributed by atoms with Crippen LogP contribution in [0.4, 0.5) is 5.69 Å². The van der Waals surface area contributed by atoms with E-state index >= 15 is 0 Å². The summed E-state index contributed by atoms with van der Waals surface area (Å²) in [7, 11) is 0. The third-order valence-electron chi connectivity index (χ3n) is 5.83. The van der Waals surface area contributed by atoms with Crippen LogP contribution in [0.1, 0.15) is 60.7 Å². The smallest absolute Gasteiger partial charge is 0.273 e. The van der Waals surface area contributed by atoms with Gasteiger partial charge in [-0.2, -0.15) is 0 Å². The molecule has 1 saturated carbocycles. The van der Waals surface area contributed by atoms with Crippen LogP contribution in [0.25, 0.3) is 11.1 Å². The van der Waals surface area contributed by atoms with Crippen LogP contribution in [0.15, 0.2) is 40.1 Å². The van der Waals surface area contributed by atoms with Crippen molar-refractivity contribution in [2.24, 2.45) is 11.7 Å². The maximum Gasteiger partial charge on any atom is 0.273 e. The fourth-order valence-corrected chi connectivity index (χ4v) is 5.65. The van der Waals surface area contributed by atoms with Crippen LogP contribution in [-0.4, -0.2) is 20.9 Å². The zero-order valence-electron chi connectivity index (χ0n) is 17.8. The Bertz CT molecular complexity index is 1090. The van der Waals surface area contributed by atoms with Crippen LogP contribution in [0.5, 0.6) is 0 Å². The van der Waals surface area contributed by atoms with Gasteiger partial charge in [-0.1, -0.05) is 13.8 Å². The Morgan fingerprint density at radius 1 is 1.23 bits per heavy atom. The quantitative estimate of drug-likeness (QED) is 0.528. The van der Waals surface area contributed by atoms with Gasteiger partial charge in [-0.15, -0.1) is 11.3 Å². The number of anilines is 1. The van der Waals surface area contributed by atoms with Crippen LogP contribution in [0.3, 0.4) is 0 Å². The minimum absolute atomic E-state index is 0.0340. The van der Waals surface area contributed by atoms with E-state index in [1.165, 1.54) is 28.4 Å². The van der Waals surface area contributed by atoms with Gasteiger partial charge in [-0.25, -0.2) is 4.37 Å². The van der Waals surface area contributed by atoms with Gasteiger partial charge in [0.15, 0.2) is 0 Å². The second-order valence-corrected chi connectivity index (χ2v) is 10.3. The van der Waals surface area contributed by atoms with E-state index in [9.17, 15) is 9.59 Å². The van der Waals surface area contributed by atoms with E-state index in [1.54, 1.807) is 0 Å². The number of carbonyl (C=O) groups is 1. The molecule has 1 aliphatic carbocycles. The number of nitrogens with zero attached hydrogens (tertiary/aromatic N) is 2. The topological polar surface area (TPSA) is 90.0 Å². The van der Waals surface area contributed by atoms with Gasteiger partial charge in [0.1, 0.15) is 5.69 Å². The molecular formula is C23H28N4O2S2. The minimum Gasteiger partial charge on any atom is -0.378 e. The van der Waals surface area contributed by atoms with E-state index in [0.717, 1.165) is 36.8 Å². The predicted molar refractivity (Wildman–Crippen MR) is 128 cm³/mol. The fraction of sp³-hybridized carbons (Fsp3) is 0.435. The van der Waals surface area contributed by atoms with Crippen molar-refractivity contribution in [3.05, 3.63) is 56.1 Å². The molecule has 31 heavy (non-hydrogen) atoms. The first-order chi connectivity index (χ1) is 14.9. The first kappa shape index (κ1) is 21.8. The number of aromatic nitrogens is 2. The third kappa shape index (κ3) is 5.07. The second kappa shape index (κ2) is 9.36. The van der Waals surface area contributed by atoms with Crippen molar-refractivity contribution in [1.82, 2.24) is 8.94 Å². The number of thiophene rings is 1. The van der Waals surface area contributed by atoms with Crippen LogP contribution >= 0.6 is 22.9 Å². The maximum absolute atomic E-state index is 13.1. The number of nitrogens with one attached hydrogen (secondary N) is 1. The highest BCUT2D eigenvalue weighted by molar-refractivity contribution is 7.12. The Kier molecular flexibility index (Phi) is 6.57. The Morgan fingerprint density at radius 3 is 2.61 bits per heavy atom. The molecule has 164 valence electrons. The zero-order chi connectivity index (χ0) is 22.0. The molecule has 3 aromatic heterocycles. The number of pyridine rings is 1. The Hall–Kier alpha value is -2.45. The highest BCUT2D eigenvalue weighted by Crippen LogP contribution is 2.36. The van der Waals surface area contributed by atoms with E-state index in [4.69, 9.17) is 5.73 Å². The second-order valence-electron chi connectivity index (χ2n) is 8.71. The third-order valence-corrected chi connectivity index (χ3v) is 7.38. The summed E-state index contributed by atoms with van der Waals surface area (Å²) in [6, 6.07) is 4.17. The summed E-state index contributed by atoms with van der Waals surface area (Å²) >= 11 is 2.84. The lowest BCUT2D eigenvalue weighted by Crippen LogP contribution is -2.31. The van der Waals surface area contributed by atoms with Gasteiger partial charge in [0.2, 0.25) is 0 Å². The maximum atomic E-state index is 13.1. The highest BCUT2D eigenvalue weighted by atomic mass is 32.1. The van der Waals surface area contributed by atoms with Crippen molar-refractivity contribution in [2.45, 2.75) is 58.0 Å². The first-order valence-electron chi connectivity index (χ1n) is 10.7. The van der Waals surface area contributed by atoms with Crippen molar-refractivity contribution < 1.29 is 4.79 Å². The van der Waals surface area contributed by atoms with Gasteiger partial charge in [0.05, 0.1) is 4.88 Å². The molecule has 6 nitrogen and oxygen atoms in total. The molecule has 0 spiro atoms. The Labute approximate surface area is 190 Å². The largest absolute Gasteiger partial charge is 0.378 e. The number of amides is 1. The first-order valence-corrected chi connectivity index (χ1v) is 12.4. The SMILES string of the molecule is CC(C)Cn1cc(-c2cnsc2)cc(N[C@H]2CC[C@@H](c3csc(C(N)=O)c3)CC2)c1=O. The molecule has 1 aliphatic rings. The summed E-state index contributed by atoms with van der Waals surface area (Å²) in [6.07, 6.45) is 7.82. The van der Waals surface area contributed by atoms with Crippen molar-refractivity contribution in [2.75, 3.05) is 5.32 Å². The molecule has 0 bridgehead atoms. The lowest BCUT2D eigenvalue weighted by molar-refractivity contribution is 0.100. The van der Waals surface area contributed by atoms with Crippen LogP contribution in [-0.2, 0) is 6.54 Å². The number of rotatable bonds is 7. The number of primary amides is 1. The van der Waals surface area contributed by atoms with Crippen LogP contribution in [0, 0.1) is 5.92 Å². The number of carbonyl (C=O) groups excluding carboxylic acids is 1. The van der Waals surface area contributed by atoms with Crippen molar-refractivity contribution in [3.8, 4) is 11.1 Å². The molecular weight excluding hydrogens is 428 g/mol. The Morgan fingerprint density at radius 2 is 2.00 bits per heavy atom. The van der Waals surface area contributed by atoms with Crippen molar-refractivity contribution >= 4 is 34.5 Å². The molecule has 0 radical (unpaired) electrons. The predicted octanol–water partition coefficient (Wildman–Crippen LogP) is 4.93. The standard InChI is InChI=1S/C23H28N4O2S2/c1-14(2)10-27-11-16(18-9-25-31-13-18)7-20(23(27)29)26-19-5-3-15(4-6-19)17-8-21(22(24)28)30-12-17/h7-9,11-15,19,26H,3-6,10H2,1-2H3,(H2,24,28)/t15-,19+. The van der Waals surface area contributed by atoms with E-state index in [1.807, 2.05) is 34.5 Å². The molecule has 1 fully saturated rings. The van der Waals surface area contributed by atoms with Gasteiger partial charge in [-0.3, -0.25) is 9.59 Å². The molecule has 0 aromatic carbocycles. The van der Waals surface area contributed by atoms with Crippen LogP contribution < -0.4 is 16.6 Å². The van der Waals surface area contributed by atoms with E-state index in [2.05, 4.69) is 28.9 Å². The Balaban J connectivity index is 1.49. The fourth-order valence-electron chi connectivity index (χ4n) is 4.26. The van der Waals surface area contributed by atoms with E-state index in [0.29, 0.717) is 28.9 Å². The summed E-state index contributed by atoms with van der Waals surface area (Å²) in [5, 5.41) is 7.61. The summed E-state index contributed by atoms with van der Waals surface area (Å²) in [5.41, 5.74) is 9.36. The lowest BCUT2D eigenvalue weighted by atomic mass is 9.82. The van der Waals surface area contributed by atoms with Gasteiger partial charge < -0.3 is 15.6 Å².